The van der Waals surface area contributed by atoms with Crippen LogP contribution < -0.4 is 10.6 Å². The number of carbonyl (C=O) groups excluding carboxylic acids is 1. The average molecular weight is 339 g/mol. The highest BCUT2D eigenvalue weighted by molar-refractivity contribution is 7.17. The van der Waals surface area contributed by atoms with Crippen molar-refractivity contribution in [1.29, 1.82) is 0 Å². The summed E-state index contributed by atoms with van der Waals surface area (Å²) in [6.07, 6.45) is 2.82. The molecular formula is C19H21N3OS. The number of aromatic nitrogens is 1. The Morgan fingerprint density at radius 3 is 3.00 bits per heavy atom. The molecule has 0 spiro atoms. The summed E-state index contributed by atoms with van der Waals surface area (Å²) in [7, 11) is 1.65. The van der Waals surface area contributed by atoms with Crippen molar-refractivity contribution >= 4 is 27.5 Å². The number of benzene rings is 1. The van der Waals surface area contributed by atoms with E-state index in [0.29, 0.717) is 5.56 Å². The van der Waals surface area contributed by atoms with Crippen molar-refractivity contribution in [1.82, 2.24) is 15.6 Å². The molecule has 24 heavy (non-hydrogen) atoms. The molecule has 0 aliphatic rings. The molecule has 2 aromatic heterocycles. The van der Waals surface area contributed by atoms with Crippen molar-refractivity contribution in [3.63, 3.8) is 0 Å². The third-order valence-electron chi connectivity index (χ3n) is 4.10. The molecule has 124 valence electrons. The first kappa shape index (κ1) is 16.6. The monoisotopic (exact) mass is 339 g/mol. The topological polar surface area (TPSA) is 54.0 Å². The lowest BCUT2D eigenvalue weighted by molar-refractivity contribution is 0.0963. The molecule has 0 aliphatic carbocycles. The molecule has 3 rings (SSSR count). The zero-order valence-corrected chi connectivity index (χ0v) is 14.7. The van der Waals surface area contributed by atoms with Crippen molar-refractivity contribution in [2.24, 2.45) is 0 Å². The maximum Gasteiger partial charge on any atom is 0.251 e. The second kappa shape index (κ2) is 7.55. The highest BCUT2D eigenvalue weighted by atomic mass is 32.1. The van der Waals surface area contributed by atoms with Gasteiger partial charge < -0.3 is 10.6 Å². The van der Waals surface area contributed by atoms with E-state index in [9.17, 15) is 4.79 Å². The quantitative estimate of drug-likeness (QED) is 0.722. The molecule has 1 aromatic carbocycles. The van der Waals surface area contributed by atoms with E-state index in [1.165, 1.54) is 10.3 Å². The first-order valence-electron chi connectivity index (χ1n) is 8.05. The van der Waals surface area contributed by atoms with Crippen LogP contribution >= 0.6 is 11.3 Å². The molecule has 0 aliphatic heterocycles. The summed E-state index contributed by atoms with van der Waals surface area (Å²) in [6, 6.07) is 12.3. The molecule has 0 saturated carbocycles. The Kier molecular flexibility index (Phi) is 5.23. The van der Waals surface area contributed by atoms with Gasteiger partial charge in [-0.3, -0.25) is 9.78 Å². The van der Waals surface area contributed by atoms with Crippen LogP contribution in [0.25, 0.3) is 10.2 Å². The number of pyridine rings is 1. The Labute approximate surface area is 145 Å². The van der Waals surface area contributed by atoms with E-state index in [2.05, 4.69) is 40.1 Å². The van der Waals surface area contributed by atoms with Gasteiger partial charge in [-0.05, 0) is 60.7 Å². The number of fused-ring (bicyclic) bond motifs is 1. The summed E-state index contributed by atoms with van der Waals surface area (Å²) in [4.78, 5) is 16.2. The third kappa shape index (κ3) is 3.80. The molecule has 4 nitrogen and oxygen atoms in total. The summed E-state index contributed by atoms with van der Waals surface area (Å²) in [5, 5.41) is 8.26. The molecular weight excluding hydrogens is 318 g/mol. The van der Waals surface area contributed by atoms with E-state index in [1.54, 1.807) is 18.4 Å². The van der Waals surface area contributed by atoms with Gasteiger partial charge in [0.1, 0.15) is 0 Å². The van der Waals surface area contributed by atoms with E-state index >= 15 is 0 Å². The minimum absolute atomic E-state index is 0.0477. The number of hydrogen-bond donors (Lipinski definition) is 2. The number of rotatable bonds is 6. The first-order chi connectivity index (χ1) is 11.7. The SMILES string of the molecule is CNC(=O)c1cccc(CCN[C@H](C)c2cnc3ccsc3c2)c1. The summed E-state index contributed by atoms with van der Waals surface area (Å²) in [5.41, 5.74) is 4.11. The second-order valence-electron chi connectivity index (χ2n) is 5.78. The highest BCUT2D eigenvalue weighted by Crippen LogP contribution is 2.22. The van der Waals surface area contributed by atoms with E-state index in [-0.39, 0.29) is 11.9 Å². The molecule has 2 heterocycles. The van der Waals surface area contributed by atoms with E-state index < -0.39 is 0 Å². The molecule has 3 aromatic rings. The fraction of sp³-hybridized carbons (Fsp3) is 0.263. The van der Waals surface area contributed by atoms with Gasteiger partial charge >= 0.3 is 0 Å². The van der Waals surface area contributed by atoms with Crippen molar-refractivity contribution in [3.05, 3.63) is 64.7 Å². The lowest BCUT2D eigenvalue weighted by Gasteiger charge is -2.14. The van der Waals surface area contributed by atoms with Crippen LogP contribution in [0.5, 0.6) is 0 Å². The number of hydrogen-bond acceptors (Lipinski definition) is 4. The number of nitrogens with zero attached hydrogens (tertiary/aromatic N) is 1. The van der Waals surface area contributed by atoms with Crippen molar-refractivity contribution < 1.29 is 4.79 Å². The standard InChI is InChI=1S/C19H21N3OS/c1-13(16-11-18-17(22-12-16)7-9-24-18)21-8-6-14-4-3-5-15(10-14)19(23)20-2/h3-5,7,9-13,21H,6,8H2,1-2H3,(H,20,23)/t13-/m1/s1. The Morgan fingerprint density at radius 1 is 1.29 bits per heavy atom. The summed E-state index contributed by atoms with van der Waals surface area (Å²) < 4.78 is 1.22. The number of amides is 1. The summed E-state index contributed by atoms with van der Waals surface area (Å²) in [5.74, 6) is -0.0477. The maximum atomic E-state index is 11.7. The Balaban J connectivity index is 1.58. The van der Waals surface area contributed by atoms with Crippen LogP contribution in [0, 0.1) is 0 Å². The largest absolute Gasteiger partial charge is 0.355 e. The molecule has 1 amide bonds. The minimum atomic E-state index is -0.0477. The molecule has 2 N–H and O–H groups in total. The molecule has 5 heteroatoms. The lowest BCUT2D eigenvalue weighted by atomic mass is 10.1. The molecule has 0 fully saturated rings. The lowest BCUT2D eigenvalue weighted by Crippen LogP contribution is -2.22. The van der Waals surface area contributed by atoms with Crippen LogP contribution in [0.1, 0.15) is 34.5 Å². The van der Waals surface area contributed by atoms with Gasteiger partial charge in [0.25, 0.3) is 5.91 Å². The van der Waals surface area contributed by atoms with Crippen molar-refractivity contribution in [2.75, 3.05) is 13.6 Å². The van der Waals surface area contributed by atoms with E-state index in [0.717, 1.165) is 24.0 Å². The molecule has 0 radical (unpaired) electrons. The number of thiophene rings is 1. The maximum absolute atomic E-state index is 11.7. The Hall–Kier alpha value is -2.24. The molecule has 0 bridgehead atoms. The number of carbonyl (C=O) groups is 1. The summed E-state index contributed by atoms with van der Waals surface area (Å²) in [6.45, 7) is 3.00. The zero-order valence-electron chi connectivity index (χ0n) is 13.9. The predicted octanol–water partition coefficient (Wildman–Crippen LogP) is 3.55. The third-order valence-corrected chi connectivity index (χ3v) is 4.96. The Morgan fingerprint density at radius 2 is 2.17 bits per heavy atom. The highest BCUT2D eigenvalue weighted by Gasteiger charge is 2.08. The van der Waals surface area contributed by atoms with Gasteiger partial charge in [-0.15, -0.1) is 11.3 Å². The predicted molar refractivity (Wildman–Crippen MR) is 99.6 cm³/mol. The van der Waals surface area contributed by atoms with Gasteiger partial charge in [-0.1, -0.05) is 12.1 Å². The fourth-order valence-electron chi connectivity index (χ4n) is 2.66. The van der Waals surface area contributed by atoms with Gasteiger partial charge in [0.05, 0.1) is 10.2 Å². The van der Waals surface area contributed by atoms with E-state index in [1.807, 2.05) is 30.5 Å². The smallest absolute Gasteiger partial charge is 0.251 e. The van der Waals surface area contributed by atoms with Crippen molar-refractivity contribution in [3.8, 4) is 0 Å². The van der Waals surface area contributed by atoms with Crippen LogP contribution in [0.2, 0.25) is 0 Å². The zero-order chi connectivity index (χ0) is 16.9. The van der Waals surface area contributed by atoms with Crippen LogP contribution in [0.15, 0.2) is 48.0 Å². The minimum Gasteiger partial charge on any atom is -0.355 e. The van der Waals surface area contributed by atoms with Crippen molar-refractivity contribution in [2.45, 2.75) is 19.4 Å². The van der Waals surface area contributed by atoms with Gasteiger partial charge in [-0.25, -0.2) is 0 Å². The number of nitrogens with one attached hydrogen (secondary N) is 2. The fourth-order valence-corrected chi connectivity index (χ4v) is 3.45. The van der Waals surface area contributed by atoms with Gasteiger partial charge in [0, 0.05) is 24.8 Å². The first-order valence-corrected chi connectivity index (χ1v) is 8.93. The van der Waals surface area contributed by atoms with Gasteiger partial charge in [-0.2, -0.15) is 0 Å². The Bertz CT molecular complexity index is 843. The van der Waals surface area contributed by atoms with Gasteiger partial charge in [0.15, 0.2) is 0 Å². The molecule has 0 saturated heterocycles. The molecule has 1 atom stereocenters. The molecule has 0 unspecified atom stereocenters. The van der Waals surface area contributed by atoms with E-state index in [4.69, 9.17) is 0 Å². The van der Waals surface area contributed by atoms with Crippen LogP contribution in [-0.4, -0.2) is 24.5 Å². The average Bonchev–Trinajstić information content (AvgIpc) is 3.09. The van der Waals surface area contributed by atoms with Crippen LogP contribution in [0.4, 0.5) is 0 Å². The van der Waals surface area contributed by atoms with Gasteiger partial charge in [0.2, 0.25) is 0 Å². The summed E-state index contributed by atoms with van der Waals surface area (Å²) >= 11 is 1.72. The normalized spacial score (nSPS) is 12.2. The van der Waals surface area contributed by atoms with Crippen LogP contribution in [0.3, 0.4) is 0 Å². The van der Waals surface area contributed by atoms with Crippen LogP contribution in [-0.2, 0) is 6.42 Å². The second-order valence-corrected chi connectivity index (χ2v) is 6.73.